The summed E-state index contributed by atoms with van der Waals surface area (Å²) >= 11 is 0. The average Bonchev–Trinajstić information content (AvgIpc) is 2.78. The van der Waals surface area contributed by atoms with Gasteiger partial charge in [0.2, 0.25) is 5.91 Å². The van der Waals surface area contributed by atoms with Crippen LogP contribution in [0.5, 0.6) is 0 Å². The van der Waals surface area contributed by atoms with Gasteiger partial charge in [0.15, 0.2) is 0 Å². The maximum atomic E-state index is 13.6. The minimum absolute atomic E-state index is 0.0120. The number of rotatable bonds is 5. The van der Waals surface area contributed by atoms with Crippen LogP contribution in [0.15, 0.2) is 65.7 Å². The molecule has 1 N–H and O–H groups in total. The Balaban J connectivity index is 1.47. The smallest absolute Gasteiger partial charge is 0.271 e. The first kappa shape index (κ1) is 19.8. The van der Waals surface area contributed by atoms with Crippen molar-refractivity contribution < 1.29 is 9.18 Å². The van der Waals surface area contributed by atoms with E-state index in [0.29, 0.717) is 24.6 Å². The predicted molar refractivity (Wildman–Crippen MR) is 111 cm³/mol. The van der Waals surface area contributed by atoms with Crippen LogP contribution in [-0.4, -0.2) is 33.8 Å². The molecule has 0 bridgehead atoms. The summed E-state index contributed by atoms with van der Waals surface area (Å²) in [6.07, 6.45) is 5.05. The standard InChI is InChI=1S/C22H22FN5O2/c23-18-6-1-7-19(12-18)28-21(29)9-8-20(26-28)27-11-3-5-17(15-27)22(30)25-14-16-4-2-10-24-13-16/h1-2,4,6-10,12-13,17H,3,5,11,14-15H2,(H,25,30)/t17-/m1/s1. The molecule has 0 spiro atoms. The van der Waals surface area contributed by atoms with Gasteiger partial charge in [0.05, 0.1) is 11.6 Å². The van der Waals surface area contributed by atoms with E-state index in [0.717, 1.165) is 24.9 Å². The summed E-state index contributed by atoms with van der Waals surface area (Å²) in [5, 5.41) is 7.39. The van der Waals surface area contributed by atoms with Gasteiger partial charge in [-0.05, 0) is 48.7 Å². The van der Waals surface area contributed by atoms with Crippen LogP contribution in [0.25, 0.3) is 5.69 Å². The molecule has 1 amide bonds. The summed E-state index contributed by atoms with van der Waals surface area (Å²) in [5.74, 6) is -0.0349. The van der Waals surface area contributed by atoms with E-state index in [1.54, 1.807) is 24.5 Å². The van der Waals surface area contributed by atoms with Crippen molar-refractivity contribution >= 4 is 11.7 Å². The van der Waals surface area contributed by atoms with E-state index in [9.17, 15) is 14.0 Å². The van der Waals surface area contributed by atoms with Crippen LogP contribution in [0, 0.1) is 11.7 Å². The fraction of sp³-hybridized carbons (Fsp3) is 0.273. The van der Waals surface area contributed by atoms with Crippen molar-refractivity contribution in [1.29, 1.82) is 0 Å². The Morgan fingerprint density at radius 1 is 1.20 bits per heavy atom. The average molecular weight is 407 g/mol. The number of halogens is 1. The van der Waals surface area contributed by atoms with Crippen molar-refractivity contribution in [2.75, 3.05) is 18.0 Å². The summed E-state index contributed by atoms with van der Waals surface area (Å²) in [4.78, 5) is 30.9. The Labute approximate surface area is 173 Å². The van der Waals surface area contributed by atoms with Gasteiger partial charge in [-0.1, -0.05) is 12.1 Å². The van der Waals surface area contributed by atoms with Gasteiger partial charge in [0.1, 0.15) is 11.6 Å². The second-order valence-corrected chi connectivity index (χ2v) is 7.29. The van der Waals surface area contributed by atoms with Crippen LogP contribution in [-0.2, 0) is 11.3 Å². The highest BCUT2D eigenvalue weighted by molar-refractivity contribution is 5.79. The molecule has 1 atom stereocenters. The molecule has 1 saturated heterocycles. The van der Waals surface area contributed by atoms with Crippen molar-refractivity contribution in [3.8, 4) is 5.69 Å². The predicted octanol–water partition coefficient (Wildman–Crippen LogP) is 2.30. The van der Waals surface area contributed by atoms with Gasteiger partial charge in [-0.25, -0.2) is 4.39 Å². The molecule has 8 heteroatoms. The second kappa shape index (κ2) is 8.86. The first-order valence-corrected chi connectivity index (χ1v) is 9.88. The van der Waals surface area contributed by atoms with Crippen molar-refractivity contribution in [2.24, 2.45) is 5.92 Å². The highest BCUT2D eigenvalue weighted by atomic mass is 19.1. The Morgan fingerprint density at radius 3 is 2.90 bits per heavy atom. The zero-order chi connectivity index (χ0) is 20.9. The molecule has 0 unspecified atom stereocenters. The van der Waals surface area contributed by atoms with E-state index in [2.05, 4.69) is 15.4 Å². The van der Waals surface area contributed by atoms with Crippen molar-refractivity contribution in [3.63, 3.8) is 0 Å². The molecule has 30 heavy (non-hydrogen) atoms. The van der Waals surface area contributed by atoms with Gasteiger partial charge in [-0.2, -0.15) is 4.68 Å². The van der Waals surface area contributed by atoms with E-state index >= 15 is 0 Å². The van der Waals surface area contributed by atoms with Gasteiger partial charge in [-0.3, -0.25) is 14.6 Å². The van der Waals surface area contributed by atoms with E-state index < -0.39 is 5.82 Å². The van der Waals surface area contributed by atoms with Gasteiger partial charge in [0, 0.05) is 38.1 Å². The lowest BCUT2D eigenvalue weighted by Crippen LogP contribution is -2.43. The van der Waals surface area contributed by atoms with Crippen LogP contribution in [0.2, 0.25) is 0 Å². The van der Waals surface area contributed by atoms with Crippen molar-refractivity contribution in [1.82, 2.24) is 20.1 Å². The van der Waals surface area contributed by atoms with Crippen LogP contribution < -0.4 is 15.8 Å². The summed E-state index contributed by atoms with van der Waals surface area (Å²) < 4.78 is 14.8. The first-order valence-electron chi connectivity index (χ1n) is 9.88. The van der Waals surface area contributed by atoms with Crippen LogP contribution in [0.1, 0.15) is 18.4 Å². The highest BCUT2D eigenvalue weighted by Gasteiger charge is 2.26. The number of piperidine rings is 1. The summed E-state index contributed by atoms with van der Waals surface area (Å²) in [6, 6.07) is 12.6. The zero-order valence-corrected chi connectivity index (χ0v) is 16.4. The molecule has 0 radical (unpaired) electrons. The van der Waals surface area contributed by atoms with Crippen LogP contribution in [0.3, 0.4) is 0 Å². The minimum Gasteiger partial charge on any atom is -0.354 e. The second-order valence-electron chi connectivity index (χ2n) is 7.29. The summed E-state index contributed by atoms with van der Waals surface area (Å²) in [7, 11) is 0. The Kier molecular flexibility index (Phi) is 5.83. The molecule has 2 aromatic heterocycles. The van der Waals surface area contributed by atoms with Gasteiger partial charge in [-0.15, -0.1) is 5.10 Å². The molecule has 7 nitrogen and oxygen atoms in total. The van der Waals surface area contributed by atoms with Gasteiger partial charge >= 0.3 is 0 Å². The number of carbonyl (C=O) groups excluding carboxylic acids is 1. The summed E-state index contributed by atoms with van der Waals surface area (Å²) in [6.45, 7) is 1.68. The fourth-order valence-corrected chi connectivity index (χ4v) is 3.60. The topological polar surface area (TPSA) is 80.1 Å². The summed E-state index contributed by atoms with van der Waals surface area (Å²) in [5.41, 5.74) is 0.971. The largest absolute Gasteiger partial charge is 0.354 e. The zero-order valence-electron chi connectivity index (χ0n) is 16.4. The molecular formula is C22H22FN5O2. The lowest BCUT2D eigenvalue weighted by Gasteiger charge is -2.32. The molecule has 3 aromatic rings. The molecule has 1 aliphatic heterocycles. The maximum Gasteiger partial charge on any atom is 0.271 e. The molecule has 1 fully saturated rings. The van der Waals surface area contributed by atoms with Crippen molar-refractivity contribution in [2.45, 2.75) is 19.4 Å². The number of carbonyl (C=O) groups is 1. The number of benzene rings is 1. The SMILES string of the molecule is O=C(NCc1cccnc1)[C@@H]1CCCN(c2ccc(=O)n(-c3cccc(F)c3)n2)C1. The number of amides is 1. The molecular weight excluding hydrogens is 385 g/mol. The number of anilines is 1. The monoisotopic (exact) mass is 407 g/mol. The maximum absolute atomic E-state index is 13.6. The third-order valence-electron chi connectivity index (χ3n) is 5.14. The Morgan fingerprint density at radius 2 is 2.10 bits per heavy atom. The molecule has 1 aliphatic rings. The highest BCUT2D eigenvalue weighted by Crippen LogP contribution is 2.21. The number of aromatic nitrogens is 3. The minimum atomic E-state index is -0.435. The van der Waals surface area contributed by atoms with Gasteiger partial charge in [0.25, 0.3) is 5.56 Å². The number of pyridine rings is 1. The number of nitrogens with zero attached hydrogens (tertiary/aromatic N) is 4. The molecule has 4 rings (SSSR count). The molecule has 1 aromatic carbocycles. The molecule has 0 saturated carbocycles. The number of hydrogen-bond acceptors (Lipinski definition) is 5. The van der Waals surface area contributed by atoms with E-state index in [1.165, 1.54) is 28.9 Å². The number of nitrogens with one attached hydrogen (secondary N) is 1. The Hall–Kier alpha value is -3.55. The van der Waals surface area contributed by atoms with E-state index in [1.807, 2.05) is 17.0 Å². The molecule has 3 heterocycles. The van der Waals surface area contributed by atoms with Crippen molar-refractivity contribution in [3.05, 3.63) is 82.7 Å². The van der Waals surface area contributed by atoms with Crippen LogP contribution in [0.4, 0.5) is 10.2 Å². The Bertz CT molecular complexity index is 1090. The third kappa shape index (κ3) is 4.53. The van der Waals surface area contributed by atoms with Crippen LogP contribution >= 0.6 is 0 Å². The fourth-order valence-electron chi connectivity index (χ4n) is 3.60. The third-order valence-corrected chi connectivity index (χ3v) is 5.14. The molecule has 154 valence electrons. The first-order chi connectivity index (χ1) is 14.6. The number of hydrogen-bond donors (Lipinski definition) is 1. The molecule has 0 aliphatic carbocycles. The lowest BCUT2D eigenvalue weighted by molar-refractivity contribution is -0.125. The lowest BCUT2D eigenvalue weighted by atomic mass is 9.97. The van der Waals surface area contributed by atoms with E-state index in [4.69, 9.17) is 0 Å². The van der Waals surface area contributed by atoms with E-state index in [-0.39, 0.29) is 17.4 Å². The van der Waals surface area contributed by atoms with Gasteiger partial charge < -0.3 is 10.2 Å². The normalized spacial score (nSPS) is 16.3. The quantitative estimate of drug-likeness (QED) is 0.702.